The molecule has 0 aromatic carbocycles. The molecule has 1 saturated heterocycles. The molecule has 1 aromatic heterocycles. The predicted octanol–water partition coefficient (Wildman–Crippen LogP) is 3.21. The monoisotopic (exact) mass is 288 g/mol. The lowest BCUT2D eigenvalue weighted by atomic mass is 10.0. The van der Waals surface area contributed by atoms with Crippen LogP contribution in [0.2, 0.25) is 5.15 Å². The minimum atomic E-state index is -0.413. The molecule has 0 N–H and O–H groups in total. The van der Waals surface area contributed by atoms with Crippen LogP contribution in [-0.4, -0.2) is 30.6 Å². The van der Waals surface area contributed by atoms with Gasteiger partial charge in [0.05, 0.1) is 7.11 Å². The van der Waals surface area contributed by atoms with Crippen LogP contribution in [0.3, 0.4) is 0 Å². The highest BCUT2D eigenvalue weighted by Crippen LogP contribution is 2.36. The van der Waals surface area contributed by atoms with E-state index in [0.717, 1.165) is 18.1 Å². The Kier molecular flexibility index (Phi) is 4.12. The normalized spacial score (nSPS) is 19.6. The summed E-state index contributed by atoms with van der Waals surface area (Å²) in [4.78, 5) is 18.5. The van der Waals surface area contributed by atoms with Crippen LogP contribution in [0.25, 0.3) is 0 Å². The molecule has 0 saturated carbocycles. The van der Waals surface area contributed by atoms with Crippen LogP contribution in [-0.2, 0) is 4.74 Å². The van der Waals surface area contributed by atoms with Crippen LogP contribution in [0.5, 0.6) is 0 Å². The van der Waals surface area contributed by atoms with Gasteiger partial charge in [0.15, 0.2) is 15.2 Å². The third-order valence-corrected chi connectivity index (χ3v) is 4.72. The number of nitrogens with zero attached hydrogens (tertiary/aromatic N) is 2. The lowest BCUT2D eigenvalue weighted by Gasteiger charge is -2.26. The van der Waals surface area contributed by atoms with Crippen molar-refractivity contribution in [1.29, 1.82) is 0 Å². The van der Waals surface area contributed by atoms with Crippen LogP contribution in [0.1, 0.15) is 36.4 Å². The average molecular weight is 289 g/mol. The van der Waals surface area contributed by atoms with Gasteiger partial charge in [-0.05, 0) is 18.8 Å². The largest absolute Gasteiger partial charge is 0.465 e. The molecule has 100 valence electrons. The number of rotatable bonds is 3. The number of ether oxygens (including phenoxy) is 1. The van der Waals surface area contributed by atoms with Crippen molar-refractivity contribution >= 4 is 34.0 Å². The van der Waals surface area contributed by atoms with Gasteiger partial charge in [-0.25, -0.2) is 9.78 Å². The molecule has 4 nitrogen and oxygen atoms in total. The van der Waals surface area contributed by atoms with Gasteiger partial charge in [0, 0.05) is 12.6 Å². The van der Waals surface area contributed by atoms with E-state index in [1.54, 1.807) is 0 Å². The van der Waals surface area contributed by atoms with Crippen LogP contribution in [0.15, 0.2) is 0 Å². The molecule has 1 aromatic rings. The standard InChI is InChI=1S/C12H17ClN2O2S/c1-7(2)8-5-4-6-15(8)12-14-10(13)9(18-12)11(16)17-3/h7-8H,4-6H2,1-3H3. The van der Waals surface area contributed by atoms with Crippen molar-refractivity contribution in [3.05, 3.63) is 10.0 Å². The Hall–Kier alpha value is -0.810. The molecule has 0 radical (unpaired) electrons. The summed E-state index contributed by atoms with van der Waals surface area (Å²) in [5.41, 5.74) is 0. The number of esters is 1. The lowest BCUT2D eigenvalue weighted by Crippen LogP contribution is -2.33. The number of aromatic nitrogens is 1. The van der Waals surface area contributed by atoms with Crippen molar-refractivity contribution in [2.75, 3.05) is 18.6 Å². The summed E-state index contributed by atoms with van der Waals surface area (Å²) >= 11 is 7.32. The molecular formula is C12H17ClN2O2S. The van der Waals surface area contributed by atoms with Crippen molar-refractivity contribution in [2.45, 2.75) is 32.7 Å². The number of hydrogen-bond acceptors (Lipinski definition) is 5. The summed E-state index contributed by atoms with van der Waals surface area (Å²) in [6.45, 7) is 5.39. The van der Waals surface area contributed by atoms with Crippen molar-refractivity contribution < 1.29 is 9.53 Å². The molecular weight excluding hydrogens is 272 g/mol. The Morgan fingerprint density at radius 3 is 2.94 bits per heavy atom. The Morgan fingerprint density at radius 1 is 1.61 bits per heavy atom. The van der Waals surface area contributed by atoms with Crippen molar-refractivity contribution in [2.24, 2.45) is 5.92 Å². The van der Waals surface area contributed by atoms with Gasteiger partial charge in [-0.1, -0.05) is 36.8 Å². The fraction of sp³-hybridized carbons (Fsp3) is 0.667. The number of methoxy groups -OCH3 is 1. The summed E-state index contributed by atoms with van der Waals surface area (Å²) in [7, 11) is 1.35. The van der Waals surface area contributed by atoms with Gasteiger partial charge in [-0.15, -0.1) is 0 Å². The first-order valence-electron chi connectivity index (χ1n) is 6.06. The molecule has 1 atom stereocenters. The molecule has 0 spiro atoms. The quantitative estimate of drug-likeness (QED) is 0.801. The van der Waals surface area contributed by atoms with E-state index < -0.39 is 5.97 Å². The van der Waals surface area contributed by atoms with Crippen molar-refractivity contribution in [3.8, 4) is 0 Å². The highest BCUT2D eigenvalue weighted by Gasteiger charge is 2.30. The van der Waals surface area contributed by atoms with Gasteiger partial charge in [-0.3, -0.25) is 0 Å². The Bertz CT molecular complexity index is 447. The fourth-order valence-corrected chi connectivity index (χ4v) is 3.64. The van der Waals surface area contributed by atoms with Crippen LogP contribution < -0.4 is 4.90 Å². The summed E-state index contributed by atoms with van der Waals surface area (Å²) in [5.74, 6) is 0.154. The van der Waals surface area contributed by atoms with Gasteiger partial charge in [0.25, 0.3) is 0 Å². The number of carbonyl (C=O) groups excluding carboxylic acids is 1. The maximum Gasteiger partial charge on any atom is 0.351 e. The summed E-state index contributed by atoms with van der Waals surface area (Å²) in [6.07, 6.45) is 2.33. The molecule has 0 bridgehead atoms. The molecule has 18 heavy (non-hydrogen) atoms. The van der Waals surface area contributed by atoms with Gasteiger partial charge in [0.1, 0.15) is 0 Å². The first-order chi connectivity index (χ1) is 8.54. The maximum atomic E-state index is 11.5. The number of halogens is 1. The minimum absolute atomic E-state index is 0.247. The zero-order valence-corrected chi connectivity index (χ0v) is 12.3. The van der Waals surface area contributed by atoms with E-state index in [1.165, 1.54) is 24.9 Å². The zero-order valence-electron chi connectivity index (χ0n) is 10.8. The van der Waals surface area contributed by atoms with Crippen LogP contribution in [0.4, 0.5) is 5.13 Å². The molecule has 1 aliphatic rings. The summed E-state index contributed by atoms with van der Waals surface area (Å²) in [6, 6.07) is 0.484. The van der Waals surface area contributed by atoms with E-state index in [2.05, 4.69) is 23.7 Å². The van der Waals surface area contributed by atoms with Crippen LogP contribution >= 0.6 is 22.9 Å². The smallest absolute Gasteiger partial charge is 0.351 e. The highest BCUT2D eigenvalue weighted by molar-refractivity contribution is 7.18. The summed E-state index contributed by atoms with van der Waals surface area (Å²) < 4.78 is 4.70. The molecule has 1 fully saturated rings. The Balaban J connectivity index is 2.26. The topological polar surface area (TPSA) is 42.4 Å². The number of thiazole rings is 1. The number of hydrogen-bond donors (Lipinski definition) is 0. The van der Waals surface area contributed by atoms with Gasteiger partial charge in [-0.2, -0.15) is 0 Å². The third kappa shape index (κ3) is 2.47. The fourth-order valence-electron chi connectivity index (χ4n) is 2.36. The second-order valence-electron chi connectivity index (χ2n) is 4.75. The van der Waals surface area contributed by atoms with Gasteiger partial charge >= 0.3 is 5.97 Å². The van der Waals surface area contributed by atoms with E-state index >= 15 is 0 Å². The zero-order chi connectivity index (χ0) is 13.3. The number of carbonyl (C=O) groups is 1. The molecule has 1 aliphatic heterocycles. The predicted molar refractivity (Wildman–Crippen MR) is 73.7 cm³/mol. The molecule has 6 heteroatoms. The minimum Gasteiger partial charge on any atom is -0.465 e. The van der Waals surface area contributed by atoms with Gasteiger partial charge < -0.3 is 9.64 Å². The molecule has 2 rings (SSSR count). The molecule has 0 amide bonds. The summed E-state index contributed by atoms with van der Waals surface area (Å²) in [5, 5.41) is 1.08. The highest BCUT2D eigenvalue weighted by atomic mass is 35.5. The van der Waals surface area contributed by atoms with E-state index in [0.29, 0.717) is 16.8 Å². The first-order valence-corrected chi connectivity index (χ1v) is 7.25. The van der Waals surface area contributed by atoms with E-state index in [4.69, 9.17) is 16.3 Å². The Labute approximate surface area is 116 Å². The molecule has 1 unspecified atom stereocenters. The second kappa shape index (κ2) is 5.45. The molecule has 0 aliphatic carbocycles. The van der Waals surface area contributed by atoms with Crippen molar-refractivity contribution in [1.82, 2.24) is 4.98 Å². The lowest BCUT2D eigenvalue weighted by molar-refractivity contribution is 0.0606. The van der Waals surface area contributed by atoms with E-state index in [-0.39, 0.29) is 5.15 Å². The van der Waals surface area contributed by atoms with E-state index in [9.17, 15) is 4.79 Å². The number of anilines is 1. The van der Waals surface area contributed by atoms with Crippen molar-refractivity contribution in [3.63, 3.8) is 0 Å². The maximum absolute atomic E-state index is 11.5. The molecule has 2 heterocycles. The Morgan fingerprint density at radius 2 is 2.33 bits per heavy atom. The van der Waals surface area contributed by atoms with E-state index in [1.807, 2.05) is 0 Å². The third-order valence-electron chi connectivity index (χ3n) is 3.26. The average Bonchev–Trinajstić information content (AvgIpc) is 2.93. The second-order valence-corrected chi connectivity index (χ2v) is 6.09. The van der Waals surface area contributed by atoms with Crippen LogP contribution in [0, 0.1) is 5.92 Å². The SMILES string of the molecule is COC(=O)c1sc(N2CCCC2C(C)C)nc1Cl. The first kappa shape index (κ1) is 13.6. The van der Waals surface area contributed by atoms with Gasteiger partial charge in [0.2, 0.25) is 0 Å².